The zero-order chi connectivity index (χ0) is 22.4. The van der Waals surface area contributed by atoms with Crippen LogP contribution in [0.1, 0.15) is 0 Å². The van der Waals surface area contributed by atoms with Gasteiger partial charge < -0.3 is 10.0 Å². The first-order chi connectivity index (χ1) is 13.4. The highest BCUT2D eigenvalue weighted by Crippen LogP contribution is 2.17. The van der Waals surface area contributed by atoms with E-state index >= 15 is 0 Å². The number of carboxylic acid groups (broad SMARTS) is 1. The number of hydrogen-bond acceptors (Lipinski definition) is 7. The third-order valence-corrected chi connectivity index (χ3v) is 5.04. The molecular weight excluding hydrogens is 458 g/mol. The molecule has 1 aliphatic rings. The molecule has 2 heterocycles. The molecule has 1 atom stereocenters. The molecule has 1 aromatic heterocycles. The van der Waals surface area contributed by atoms with Gasteiger partial charge in [-0.15, -0.1) is 4.40 Å². The fourth-order valence-corrected chi connectivity index (χ4v) is 2.97. The first-order valence-corrected chi connectivity index (χ1v) is 10.1. The maximum atomic E-state index is 13.0. The van der Waals surface area contributed by atoms with Crippen LogP contribution in [0, 0.1) is 5.82 Å². The van der Waals surface area contributed by atoms with Crippen LogP contribution >= 0.6 is 11.6 Å². The van der Waals surface area contributed by atoms with Gasteiger partial charge in [0.05, 0.1) is 0 Å². The van der Waals surface area contributed by atoms with Gasteiger partial charge in [-0.1, -0.05) is 11.6 Å². The van der Waals surface area contributed by atoms with Crippen LogP contribution in [0.25, 0.3) is 0 Å². The number of carbonyl (C=O) groups is 1. The van der Waals surface area contributed by atoms with Gasteiger partial charge in [-0.25, -0.2) is 18.6 Å². The summed E-state index contributed by atoms with van der Waals surface area (Å²) in [5.41, 5.74) is -0.818. The predicted molar refractivity (Wildman–Crippen MR) is 102 cm³/mol. The van der Waals surface area contributed by atoms with E-state index in [0.717, 1.165) is 30.9 Å². The second kappa shape index (κ2) is 10.2. The van der Waals surface area contributed by atoms with Gasteiger partial charge in [-0.3, -0.25) is 4.99 Å². The van der Waals surface area contributed by atoms with Crippen molar-refractivity contribution in [3.8, 4) is 0 Å². The van der Waals surface area contributed by atoms with Crippen LogP contribution in [0.15, 0.2) is 38.8 Å². The summed E-state index contributed by atoms with van der Waals surface area (Å²) >= 11 is 5.33. The Bertz CT molecular complexity index is 1120. The van der Waals surface area contributed by atoms with Crippen LogP contribution in [0.4, 0.5) is 8.78 Å². The molecule has 15 heteroatoms. The number of allylic oxidation sites excluding steroid dienone is 1. The number of hydrogen-bond donors (Lipinski definition) is 1. The highest BCUT2D eigenvalue weighted by Gasteiger charge is 2.28. The normalized spacial score (nSPS) is 16.1. The first-order valence-electron chi connectivity index (χ1n) is 7.22. The van der Waals surface area contributed by atoms with Gasteiger partial charge in [-0.2, -0.15) is 16.8 Å². The maximum Gasteiger partial charge on any atom is 0.353 e. The SMILES string of the molecule is CN(C)C=NS(=O)(=O)c1cnc(Cl)c(F)c1.O=C(O)C1=NC=CC(=S(=O)=O)C1F. The van der Waals surface area contributed by atoms with E-state index in [2.05, 4.69) is 14.4 Å². The molecule has 0 fully saturated rings. The highest BCUT2D eigenvalue weighted by molar-refractivity contribution is 7.90. The molecular formula is C14H13ClF2N4O6S2. The largest absolute Gasteiger partial charge is 0.477 e. The van der Waals surface area contributed by atoms with E-state index in [4.69, 9.17) is 16.7 Å². The minimum Gasteiger partial charge on any atom is -0.477 e. The average Bonchev–Trinajstić information content (AvgIpc) is 2.62. The van der Waals surface area contributed by atoms with Crippen LogP contribution in [0.3, 0.4) is 0 Å². The van der Waals surface area contributed by atoms with Crippen LogP contribution in [0.2, 0.25) is 5.15 Å². The number of aliphatic imine (C=N–C) groups is 1. The highest BCUT2D eigenvalue weighted by atomic mass is 35.5. The zero-order valence-electron chi connectivity index (χ0n) is 14.7. The Hall–Kier alpha value is -2.71. The number of alkyl halides is 1. The Kier molecular flexibility index (Phi) is 8.54. The number of sulfonamides is 1. The Balaban J connectivity index is 0.000000296. The van der Waals surface area contributed by atoms with Crippen molar-refractivity contribution in [3.05, 3.63) is 35.5 Å². The molecule has 0 radical (unpaired) electrons. The van der Waals surface area contributed by atoms with Crippen molar-refractivity contribution in [2.45, 2.75) is 11.1 Å². The standard InChI is InChI=1S/C8H9ClFN3O2S.C6H4FNO4S/c1-13(2)5-12-16(14,15)6-3-7(10)8(9)11-4-6;7-4-3(13(11)12)1-2-8-5(4)6(9)10/h3-5H,1-2H3;1-2,4H,(H,9,10). The average molecular weight is 471 g/mol. The van der Waals surface area contributed by atoms with E-state index in [1.165, 1.54) is 4.90 Å². The number of aromatic nitrogens is 1. The molecule has 1 N–H and O–H groups in total. The zero-order valence-corrected chi connectivity index (χ0v) is 17.1. The fourth-order valence-electron chi connectivity index (χ4n) is 1.54. The topological polar surface area (TPSA) is 146 Å². The van der Waals surface area contributed by atoms with Crippen molar-refractivity contribution < 1.29 is 35.5 Å². The molecule has 158 valence electrons. The van der Waals surface area contributed by atoms with Crippen molar-refractivity contribution in [2.75, 3.05) is 14.1 Å². The number of nitrogens with zero attached hydrogens (tertiary/aromatic N) is 4. The summed E-state index contributed by atoms with van der Waals surface area (Å²) in [6.07, 6.45) is 1.72. The van der Waals surface area contributed by atoms with Gasteiger partial charge in [0.2, 0.25) is 10.3 Å². The van der Waals surface area contributed by atoms with E-state index < -0.39 is 48.9 Å². The molecule has 1 unspecified atom stereocenters. The summed E-state index contributed by atoms with van der Waals surface area (Å²) in [4.78, 5) is 17.4. The molecule has 0 aliphatic carbocycles. The van der Waals surface area contributed by atoms with Crippen LogP contribution in [-0.4, -0.2) is 75.0 Å². The van der Waals surface area contributed by atoms with Gasteiger partial charge in [0, 0.05) is 26.5 Å². The molecule has 1 aromatic rings. The van der Waals surface area contributed by atoms with E-state index in [-0.39, 0.29) is 10.0 Å². The second-order valence-electron chi connectivity index (χ2n) is 5.24. The van der Waals surface area contributed by atoms with Gasteiger partial charge in [0.25, 0.3) is 10.0 Å². The molecule has 0 saturated carbocycles. The summed E-state index contributed by atoms with van der Waals surface area (Å²) < 4.78 is 73.1. The number of halogens is 3. The Morgan fingerprint density at radius 2 is 2.03 bits per heavy atom. The van der Waals surface area contributed by atoms with Crippen LogP contribution in [0.5, 0.6) is 0 Å². The number of pyridine rings is 1. The predicted octanol–water partition coefficient (Wildman–Crippen LogP) is 0.582. The second-order valence-corrected chi connectivity index (χ2v) is 8.17. The van der Waals surface area contributed by atoms with Gasteiger partial charge in [0.1, 0.15) is 16.1 Å². The maximum absolute atomic E-state index is 13.0. The van der Waals surface area contributed by atoms with E-state index in [9.17, 15) is 30.4 Å². The molecule has 0 bridgehead atoms. The lowest BCUT2D eigenvalue weighted by Gasteiger charge is -2.08. The number of aliphatic carboxylic acids is 1. The first kappa shape index (κ1) is 24.3. The molecule has 2 rings (SSSR count). The Morgan fingerprint density at radius 3 is 2.52 bits per heavy atom. The third kappa shape index (κ3) is 6.99. The lowest BCUT2D eigenvalue weighted by atomic mass is 10.1. The minimum absolute atomic E-state index is 0.340. The summed E-state index contributed by atoms with van der Waals surface area (Å²) in [6, 6.07) is 0.775. The van der Waals surface area contributed by atoms with Crippen LogP contribution in [-0.2, 0) is 25.1 Å². The third-order valence-electron chi connectivity index (χ3n) is 2.84. The summed E-state index contributed by atoms with van der Waals surface area (Å²) in [6.45, 7) is 0. The molecule has 0 amide bonds. The smallest absolute Gasteiger partial charge is 0.353 e. The monoisotopic (exact) mass is 470 g/mol. The van der Waals surface area contributed by atoms with E-state index in [0.29, 0.717) is 0 Å². The molecule has 0 saturated heterocycles. The van der Waals surface area contributed by atoms with Crippen LogP contribution < -0.4 is 0 Å². The van der Waals surface area contributed by atoms with Gasteiger partial charge >= 0.3 is 5.97 Å². The molecule has 1 aliphatic heterocycles. The lowest BCUT2D eigenvalue weighted by Crippen LogP contribution is -2.33. The number of carboxylic acids is 1. The van der Waals surface area contributed by atoms with Crippen molar-refractivity contribution in [1.29, 1.82) is 0 Å². The Labute approximate surface area is 170 Å². The summed E-state index contributed by atoms with van der Waals surface area (Å²) in [5, 5.41) is 8.01. The molecule has 29 heavy (non-hydrogen) atoms. The number of rotatable bonds is 4. The quantitative estimate of drug-likeness (QED) is 0.291. The Morgan fingerprint density at radius 1 is 1.41 bits per heavy atom. The lowest BCUT2D eigenvalue weighted by molar-refractivity contribution is -0.129. The molecule has 0 spiro atoms. The van der Waals surface area contributed by atoms with Crippen molar-refractivity contribution in [1.82, 2.24) is 9.88 Å². The van der Waals surface area contributed by atoms with Crippen molar-refractivity contribution in [2.24, 2.45) is 9.39 Å². The van der Waals surface area contributed by atoms with Gasteiger partial charge in [0.15, 0.2) is 22.9 Å². The fraction of sp³-hybridized carbons (Fsp3) is 0.214. The summed E-state index contributed by atoms with van der Waals surface area (Å²) in [7, 11) is -3.46. The molecule has 0 aromatic carbocycles. The van der Waals surface area contributed by atoms with Crippen molar-refractivity contribution in [3.63, 3.8) is 0 Å². The van der Waals surface area contributed by atoms with E-state index in [1.807, 2.05) is 0 Å². The minimum atomic E-state index is -3.93. The summed E-state index contributed by atoms with van der Waals surface area (Å²) in [5.74, 6) is -2.47. The van der Waals surface area contributed by atoms with Gasteiger partial charge in [-0.05, 0) is 12.1 Å². The van der Waals surface area contributed by atoms with Crippen molar-refractivity contribution >= 4 is 54.8 Å². The molecule has 10 nitrogen and oxygen atoms in total. The van der Waals surface area contributed by atoms with E-state index in [1.54, 1.807) is 14.1 Å².